The molecule has 2 aliphatic rings. The van der Waals surface area contributed by atoms with E-state index >= 15 is 8.78 Å². The van der Waals surface area contributed by atoms with Crippen molar-refractivity contribution in [3.05, 3.63) is 46.0 Å². The number of aromatic nitrogens is 4. The summed E-state index contributed by atoms with van der Waals surface area (Å²) >= 11 is -3.52. The van der Waals surface area contributed by atoms with Gasteiger partial charge in [-0.3, -0.25) is 0 Å². The Kier molecular flexibility index (Phi) is 20.0. The standard InChI is InChI=1S/C44H54F2N4S2.3C4H9.3CH3.2Sn/c1-5-9-13-17-25-43(26-18-14-10-6-2)29-21-23-31-41(49-51-47-31)33(29)35-37(43)39(45)36-34-30(22-24-32-42(34)50-52-48-32)44(38(36)40(35)46,27-19-15-11-7-3)28-20-16-12-8-4;3*1-3-4-2;;;;;/h21-22H,5-20,25-28H2,1-4H3;3*1,3-4H2,2H3;3*1H3;;. The van der Waals surface area contributed by atoms with Crippen LogP contribution in [0.3, 0.4) is 0 Å². The number of fused-ring (bicyclic) bond motifs is 10. The Morgan fingerprint density at radius 3 is 1.06 bits per heavy atom. The van der Waals surface area contributed by atoms with Gasteiger partial charge in [0.2, 0.25) is 0 Å². The van der Waals surface area contributed by atoms with Gasteiger partial charge in [-0.05, 0) is 0 Å². The number of benzene rings is 3. The maximum atomic E-state index is 19.9. The SMILES string of the molecule is CCCCCCC1(CCCCCC)c2c[c]([Sn]([CH3])([CH3])[CH3])c3nsnc3c2-c2c(F)c3c(c(F)c21)-c1c(c[c]([Sn]([CH2]CCC)([CH2]CCC)[CH2]CCC)c2nsnc12)C3(CCCCCC)CCCCCC. The van der Waals surface area contributed by atoms with Crippen LogP contribution < -0.4 is 7.16 Å². The Labute approximate surface area is 434 Å². The molecule has 0 amide bonds. The summed E-state index contributed by atoms with van der Waals surface area (Å²) in [6, 6.07) is 5.08. The number of rotatable bonds is 31. The third kappa shape index (κ3) is 10.7. The van der Waals surface area contributed by atoms with Crippen LogP contribution in [-0.4, -0.2) is 54.2 Å². The van der Waals surface area contributed by atoms with E-state index < -0.39 is 47.6 Å². The van der Waals surface area contributed by atoms with Crippen molar-refractivity contribution in [3.63, 3.8) is 0 Å². The molecule has 0 fully saturated rings. The molecule has 0 saturated carbocycles. The molecule has 0 radical (unpaired) electrons. The van der Waals surface area contributed by atoms with Gasteiger partial charge in [-0.1, -0.05) is 0 Å². The molecule has 4 nitrogen and oxygen atoms in total. The third-order valence-electron chi connectivity index (χ3n) is 17.2. The van der Waals surface area contributed by atoms with Crippen LogP contribution in [0.15, 0.2) is 12.1 Å². The molecule has 0 unspecified atom stereocenters. The van der Waals surface area contributed by atoms with E-state index in [1.165, 1.54) is 88.0 Å². The van der Waals surface area contributed by atoms with Crippen LogP contribution in [-0.2, 0) is 10.8 Å². The normalized spacial score (nSPS) is 14.8. The van der Waals surface area contributed by atoms with Crippen LogP contribution in [0.5, 0.6) is 0 Å². The average molecular weight is 1190 g/mol. The quantitative estimate of drug-likeness (QED) is 0.0328. The summed E-state index contributed by atoms with van der Waals surface area (Å²) in [5, 5.41) is 0. The van der Waals surface area contributed by atoms with Gasteiger partial charge in [0.1, 0.15) is 0 Å². The van der Waals surface area contributed by atoms with E-state index in [-0.39, 0.29) is 11.6 Å². The molecule has 380 valence electrons. The molecule has 7 rings (SSSR count). The summed E-state index contributed by atoms with van der Waals surface area (Å²) in [6.45, 7) is 16.2. The van der Waals surface area contributed by atoms with Crippen LogP contribution in [0.2, 0.25) is 28.1 Å². The van der Waals surface area contributed by atoms with Crippen molar-refractivity contribution >= 4 is 89.4 Å². The number of unbranched alkanes of at least 4 members (excludes halogenated alkanes) is 15. The van der Waals surface area contributed by atoms with E-state index in [4.69, 9.17) is 17.5 Å². The summed E-state index contributed by atoms with van der Waals surface area (Å²) in [6.07, 6.45) is 28.1. The molecule has 0 aliphatic heterocycles. The van der Waals surface area contributed by atoms with Crippen molar-refractivity contribution in [3.8, 4) is 22.3 Å². The Morgan fingerprint density at radius 2 is 0.725 bits per heavy atom. The summed E-state index contributed by atoms with van der Waals surface area (Å²) in [5.74, 6) is -0.323. The third-order valence-corrected chi connectivity index (χ3v) is 39.5. The predicted molar refractivity (Wildman–Crippen MR) is 303 cm³/mol. The molecule has 0 saturated heterocycles. The second-order valence-electron chi connectivity index (χ2n) is 23.0. The maximum absolute atomic E-state index is 19.9. The number of hydrogen-bond donors (Lipinski definition) is 0. The van der Waals surface area contributed by atoms with Gasteiger partial charge in [-0.15, -0.1) is 0 Å². The molecule has 0 atom stereocenters. The fourth-order valence-corrected chi connectivity index (χ4v) is 35.7. The molecule has 2 aromatic heterocycles. The number of nitrogens with zero attached hydrogens (tertiary/aromatic N) is 4. The van der Waals surface area contributed by atoms with Crippen LogP contribution in [0.25, 0.3) is 44.3 Å². The zero-order valence-electron chi connectivity index (χ0n) is 45.0. The Bertz CT molecular complexity index is 2440. The van der Waals surface area contributed by atoms with E-state index in [1.54, 1.807) is 0 Å². The summed E-state index contributed by atoms with van der Waals surface area (Å²) in [5.41, 5.74) is 8.89. The summed E-state index contributed by atoms with van der Waals surface area (Å²) in [4.78, 5) is 7.39. The zero-order chi connectivity index (χ0) is 49.4. The van der Waals surface area contributed by atoms with Gasteiger partial charge in [0.05, 0.1) is 0 Å². The van der Waals surface area contributed by atoms with Crippen LogP contribution in [0.1, 0.15) is 238 Å². The van der Waals surface area contributed by atoms with Gasteiger partial charge in [-0.2, -0.15) is 0 Å². The second kappa shape index (κ2) is 24.9. The monoisotopic (exact) mass is 1200 g/mol. The first-order valence-corrected chi connectivity index (χ1v) is 47.5. The van der Waals surface area contributed by atoms with Crippen LogP contribution in [0, 0.1) is 11.6 Å². The summed E-state index contributed by atoms with van der Waals surface area (Å²) < 4.78 is 67.4. The minimum absolute atomic E-state index is 0.161. The first-order valence-electron chi connectivity index (χ1n) is 28.6. The molecular weight excluding hydrogens is 1100 g/mol. The van der Waals surface area contributed by atoms with Crippen LogP contribution >= 0.6 is 23.5 Å². The fourth-order valence-electron chi connectivity index (χ4n) is 13.5. The topological polar surface area (TPSA) is 51.6 Å². The Hall–Kier alpha value is -1.24. The van der Waals surface area contributed by atoms with Crippen molar-refractivity contribution < 1.29 is 8.78 Å². The number of halogens is 2. The van der Waals surface area contributed by atoms with Crippen LogP contribution in [0.4, 0.5) is 8.78 Å². The molecule has 69 heavy (non-hydrogen) atoms. The van der Waals surface area contributed by atoms with E-state index in [0.717, 1.165) is 167 Å². The zero-order valence-corrected chi connectivity index (χ0v) is 52.4. The van der Waals surface area contributed by atoms with Crippen molar-refractivity contribution in [1.29, 1.82) is 0 Å². The fraction of sp³-hybridized carbons (Fsp3) is 0.695. The van der Waals surface area contributed by atoms with E-state index in [9.17, 15) is 0 Å². The van der Waals surface area contributed by atoms with Crippen molar-refractivity contribution in [1.82, 2.24) is 17.5 Å². The first-order chi connectivity index (χ1) is 33.4. The van der Waals surface area contributed by atoms with E-state index in [1.807, 2.05) is 0 Å². The molecule has 0 N–H and O–H groups in total. The van der Waals surface area contributed by atoms with Crippen molar-refractivity contribution in [2.24, 2.45) is 0 Å². The molecule has 5 aromatic rings. The molecule has 10 heteroatoms. The molecule has 2 heterocycles. The van der Waals surface area contributed by atoms with Gasteiger partial charge < -0.3 is 0 Å². The Morgan fingerprint density at radius 1 is 0.406 bits per heavy atom. The van der Waals surface area contributed by atoms with Gasteiger partial charge in [0, 0.05) is 0 Å². The molecular formula is C59H90F2N4S2Sn2. The minimum atomic E-state index is -3.22. The Balaban J connectivity index is 1.65. The van der Waals surface area contributed by atoms with Crippen molar-refractivity contribution in [2.45, 2.75) is 254 Å². The first kappa shape index (κ1) is 55.5. The second-order valence-corrected chi connectivity index (χ2v) is 51.6. The number of hydrogen-bond acceptors (Lipinski definition) is 6. The molecule has 0 spiro atoms. The van der Waals surface area contributed by atoms with Crippen molar-refractivity contribution in [2.75, 3.05) is 0 Å². The molecule has 3 aromatic carbocycles. The van der Waals surface area contributed by atoms with E-state index in [0.29, 0.717) is 22.3 Å². The average Bonchev–Trinajstić information content (AvgIpc) is 4.14. The van der Waals surface area contributed by atoms with Gasteiger partial charge in [0.25, 0.3) is 0 Å². The molecule has 0 bridgehead atoms. The van der Waals surface area contributed by atoms with Gasteiger partial charge in [0.15, 0.2) is 0 Å². The summed E-state index contributed by atoms with van der Waals surface area (Å²) in [7, 11) is 0. The molecule has 2 aliphatic carbocycles. The van der Waals surface area contributed by atoms with Gasteiger partial charge in [-0.25, -0.2) is 0 Å². The predicted octanol–water partition coefficient (Wildman–Crippen LogP) is 19.0. The van der Waals surface area contributed by atoms with Gasteiger partial charge >= 0.3 is 438 Å². The van der Waals surface area contributed by atoms with E-state index in [2.05, 4.69) is 75.4 Å².